The molecule has 0 radical (unpaired) electrons. The number of hydrogen-bond donors (Lipinski definition) is 0. The fourth-order valence-corrected chi connectivity index (χ4v) is 5.08. The van der Waals surface area contributed by atoms with Gasteiger partial charge in [-0.25, -0.2) is 0 Å². The third kappa shape index (κ3) is 5.15. The normalized spacial score (nSPS) is 29.3. The maximum absolute atomic E-state index is 12.5. The Morgan fingerprint density at radius 3 is 2.15 bits per heavy atom. The first-order valence-corrected chi connectivity index (χ1v) is 11.1. The van der Waals surface area contributed by atoms with Crippen LogP contribution in [-0.4, -0.2) is 12.6 Å². The molecule has 2 aliphatic rings. The summed E-state index contributed by atoms with van der Waals surface area (Å²) < 4.78 is 5.74. The van der Waals surface area contributed by atoms with Gasteiger partial charge in [-0.05, 0) is 74.2 Å². The third-order valence-electron chi connectivity index (χ3n) is 7.47. The van der Waals surface area contributed by atoms with Gasteiger partial charge in [0.25, 0.3) is 0 Å². The van der Waals surface area contributed by atoms with Gasteiger partial charge in [-0.3, -0.25) is 4.79 Å². The Morgan fingerprint density at radius 2 is 1.56 bits per heavy atom. The Hall–Kier alpha value is -1.31. The molecule has 0 aromatic heterocycles. The maximum atomic E-state index is 12.5. The molecular weight excluding hydrogens is 332 g/mol. The standard InChI is InChI=1S/C25H38O2/c1-18-5-9-20(10-6-18)17-27-24(26)21-11-15-23(16-12-21)25(3,4)22-13-7-19(2)8-14-22/h7-8,13-14,18,20-21,23H,5-6,9-12,15-17H2,1-4H3. The van der Waals surface area contributed by atoms with Gasteiger partial charge in [-0.1, -0.05) is 63.4 Å². The zero-order valence-corrected chi connectivity index (χ0v) is 17.8. The van der Waals surface area contributed by atoms with Crippen molar-refractivity contribution in [3.8, 4) is 0 Å². The number of carbonyl (C=O) groups is 1. The van der Waals surface area contributed by atoms with Crippen LogP contribution in [0.3, 0.4) is 0 Å². The first-order chi connectivity index (χ1) is 12.9. The van der Waals surface area contributed by atoms with Crippen molar-refractivity contribution in [2.45, 2.75) is 84.5 Å². The molecule has 1 aromatic rings. The first-order valence-electron chi connectivity index (χ1n) is 11.1. The molecular formula is C25H38O2. The fourth-order valence-electron chi connectivity index (χ4n) is 5.08. The Labute approximate surface area is 166 Å². The molecule has 150 valence electrons. The van der Waals surface area contributed by atoms with Gasteiger partial charge < -0.3 is 4.74 Å². The lowest BCUT2D eigenvalue weighted by Crippen LogP contribution is -2.34. The predicted octanol–water partition coefficient (Wildman–Crippen LogP) is 6.45. The zero-order chi connectivity index (χ0) is 19.4. The second-order valence-corrected chi connectivity index (χ2v) is 9.89. The number of hydrogen-bond acceptors (Lipinski definition) is 2. The Balaban J connectivity index is 1.46. The highest BCUT2D eigenvalue weighted by Crippen LogP contribution is 2.42. The van der Waals surface area contributed by atoms with Crippen LogP contribution in [0.5, 0.6) is 0 Å². The van der Waals surface area contributed by atoms with E-state index in [0.29, 0.717) is 18.4 Å². The molecule has 1 aromatic carbocycles. The highest BCUT2D eigenvalue weighted by Gasteiger charge is 2.36. The molecule has 2 saturated carbocycles. The largest absolute Gasteiger partial charge is 0.465 e. The van der Waals surface area contributed by atoms with Crippen LogP contribution < -0.4 is 0 Å². The SMILES string of the molecule is Cc1ccc(C(C)(C)C2CCC(C(=O)OCC3CCC(C)CC3)CC2)cc1. The number of ether oxygens (including phenoxy) is 1. The van der Waals surface area contributed by atoms with Crippen molar-refractivity contribution in [2.75, 3.05) is 6.61 Å². The molecule has 0 atom stereocenters. The van der Waals surface area contributed by atoms with Crippen LogP contribution in [0, 0.1) is 30.6 Å². The lowest BCUT2D eigenvalue weighted by Gasteiger charge is -2.39. The molecule has 0 unspecified atom stereocenters. The Kier molecular flexibility index (Phi) is 6.65. The molecule has 0 saturated heterocycles. The second-order valence-electron chi connectivity index (χ2n) is 9.89. The van der Waals surface area contributed by atoms with Gasteiger partial charge in [0.15, 0.2) is 0 Å². The van der Waals surface area contributed by atoms with E-state index in [2.05, 4.69) is 52.0 Å². The van der Waals surface area contributed by atoms with E-state index in [-0.39, 0.29) is 17.3 Å². The summed E-state index contributed by atoms with van der Waals surface area (Å²) in [5, 5.41) is 0. The molecule has 3 rings (SSSR count). The average Bonchev–Trinajstić information content (AvgIpc) is 2.68. The summed E-state index contributed by atoms with van der Waals surface area (Å²) in [7, 11) is 0. The van der Waals surface area contributed by atoms with E-state index < -0.39 is 0 Å². The van der Waals surface area contributed by atoms with Crippen molar-refractivity contribution in [3.05, 3.63) is 35.4 Å². The average molecular weight is 371 g/mol. The van der Waals surface area contributed by atoms with Gasteiger partial charge in [0.2, 0.25) is 0 Å². The number of carbonyl (C=O) groups excluding carboxylic acids is 1. The van der Waals surface area contributed by atoms with Crippen molar-refractivity contribution in [3.63, 3.8) is 0 Å². The summed E-state index contributed by atoms with van der Waals surface area (Å²) >= 11 is 0. The topological polar surface area (TPSA) is 26.3 Å². The minimum atomic E-state index is 0.0696. The van der Waals surface area contributed by atoms with E-state index in [0.717, 1.165) is 31.6 Å². The summed E-state index contributed by atoms with van der Waals surface area (Å²) in [6.45, 7) is 9.86. The lowest BCUT2D eigenvalue weighted by molar-refractivity contribution is -0.152. The molecule has 2 heteroatoms. The molecule has 0 spiro atoms. The van der Waals surface area contributed by atoms with Crippen LogP contribution in [0.1, 0.15) is 83.3 Å². The van der Waals surface area contributed by atoms with E-state index in [4.69, 9.17) is 4.74 Å². The summed E-state index contributed by atoms with van der Waals surface area (Å²) in [6.07, 6.45) is 9.27. The summed E-state index contributed by atoms with van der Waals surface area (Å²) in [5.74, 6) is 2.29. The minimum Gasteiger partial charge on any atom is -0.465 e. The zero-order valence-electron chi connectivity index (χ0n) is 17.8. The molecule has 2 aliphatic carbocycles. The predicted molar refractivity (Wildman–Crippen MR) is 112 cm³/mol. The van der Waals surface area contributed by atoms with Crippen molar-refractivity contribution in [2.24, 2.45) is 23.7 Å². The van der Waals surface area contributed by atoms with Gasteiger partial charge in [0, 0.05) is 0 Å². The number of rotatable bonds is 5. The summed E-state index contributed by atoms with van der Waals surface area (Å²) in [6, 6.07) is 8.99. The van der Waals surface area contributed by atoms with Gasteiger partial charge in [0.1, 0.15) is 0 Å². The van der Waals surface area contributed by atoms with Crippen molar-refractivity contribution in [1.82, 2.24) is 0 Å². The molecule has 0 N–H and O–H groups in total. The molecule has 2 nitrogen and oxygen atoms in total. The lowest BCUT2D eigenvalue weighted by atomic mass is 9.65. The van der Waals surface area contributed by atoms with Crippen LogP contribution in [0.2, 0.25) is 0 Å². The number of benzene rings is 1. The highest BCUT2D eigenvalue weighted by molar-refractivity contribution is 5.72. The van der Waals surface area contributed by atoms with Crippen LogP contribution in [0.15, 0.2) is 24.3 Å². The highest BCUT2D eigenvalue weighted by atomic mass is 16.5. The Bertz CT molecular complexity index is 600. The Morgan fingerprint density at radius 1 is 0.963 bits per heavy atom. The van der Waals surface area contributed by atoms with Crippen molar-refractivity contribution < 1.29 is 9.53 Å². The van der Waals surface area contributed by atoms with Gasteiger partial charge in [0.05, 0.1) is 12.5 Å². The van der Waals surface area contributed by atoms with Crippen molar-refractivity contribution >= 4 is 5.97 Å². The van der Waals surface area contributed by atoms with Crippen LogP contribution >= 0.6 is 0 Å². The van der Waals surface area contributed by atoms with Gasteiger partial charge in [-0.15, -0.1) is 0 Å². The van der Waals surface area contributed by atoms with E-state index in [1.807, 2.05) is 0 Å². The smallest absolute Gasteiger partial charge is 0.308 e. The molecule has 27 heavy (non-hydrogen) atoms. The van der Waals surface area contributed by atoms with E-state index in [9.17, 15) is 4.79 Å². The quantitative estimate of drug-likeness (QED) is 0.557. The molecule has 0 aliphatic heterocycles. The third-order valence-corrected chi connectivity index (χ3v) is 7.47. The van der Waals surface area contributed by atoms with Crippen LogP contribution in [0.25, 0.3) is 0 Å². The molecule has 0 bridgehead atoms. The van der Waals surface area contributed by atoms with Crippen molar-refractivity contribution in [1.29, 1.82) is 0 Å². The van der Waals surface area contributed by atoms with Gasteiger partial charge in [-0.2, -0.15) is 0 Å². The fraction of sp³-hybridized carbons (Fsp3) is 0.720. The van der Waals surface area contributed by atoms with E-state index in [1.165, 1.54) is 36.8 Å². The molecule has 0 heterocycles. The number of esters is 1. The summed E-state index contributed by atoms with van der Waals surface area (Å²) in [4.78, 5) is 12.5. The molecule has 2 fully saturated rings. The maximum Gasteiger partial charge on any atom is 0.308 e. The number of aryl methyl sites for hydroxylation is 1. The summed E-state index contributed by atoms with van der Waals surface area (Å²) in [5.41, 5.74) is 2.90. The van der Waals surface area contributed by atoms with Crippen LogP contribution in [-0.2, 0) is 14.9 Å². The van der Waals surface area contributed by atoms with Gasteiger partial charge >= 0.3 is 5.97 Å². The molecule has 0 amide bonds. The van der Waals surface area contributed by atoms with E-state index >= 15 is 0 Å². The monoisotopic (exact) mass is 370 g/mol. The van der Waals surface area contributed by atoms with E-state index in [1.54, 1.807) is 0 Å². The minimum absolute atomic E-state index is 0.0696. The second kappa shape index (κ2) is 8.80. The first kappa shape index (κ1) is 20.4. The van der Waals surface area contributed by atoms with Crippen LogP contribution in [0.4, 0.5) is 0 Å².